The van der Waals surface area contributed by atoms with E-state index in [2.05, 4.69) is 5.32 Å². The number of carbonyl (C=O) groups excluding carboxylic acids is 1. The van der Waals surface area contributed by atoms with Gasteiger partial charge in [0.25, 0.3) is 0 Å². The second-order valence-electron chi connectivity index (χ2n) is 5.49. The van der Waals surface area contributed by atoms with Crippen LogP contribution in [0.4, 0.5) is 0 Å². The zero-order valence-corrected chi connectivity index (χ0v) is 11.6. The van der Waals surface area contributed by atoms with E-state index < -0.39 is 5.54 Å². The lowest BCUT2D eigenvalue weighted by molar-refractivity contribution is -0.126. The van der Waals surface area contributed by atoms with Gasteiger partial charge in [-0.1, -0.05) is 24.3 Å². The summed E-state index contributed by atoms with van der Waals surface area (Å²) in [4.78, 5) is 12.1. The highest BCUT2D eigenvalue weighted by Gasteiger charge is 2.43. The van der Waals surface area contributed by atoms with E-state index in [0.717, 1.165) is 24.0 Å². The van der Waals surface area contributed by atoms with Gasteiger partial charge in [0.05, 0.1) is 12.1 Å². The normalized spacial score (nSPS) is 17.8. The van der Waals surface area contributed by atoms with Crippen LogP contribution in [0.1, 0.15) is 30.9 Å². The third-order valence-electron chi connectivity index (χ3n) is 3.67. The Hall–Kier alpha value is -1.39. The van der Waals surface area contributed by atoms with Crippen LogP contribution in [-0.4, -0.2) is 18.6 Å². The van der Waals surface area contributed by atoms with Gasteiger partial charge in [-0.15, -0.1) is 0 Å². The van der Waals surface area contributed by atoms with E-state index in [1.54, 1.807) is 7.11 Å². The molecule has 3 N–H and O–H groups in total. The maximum atomic E-state index is 12.1. The molecule has 104 valence electrons. The maximum Gasteiger partial charge on any atom is 0.240 e. The van der Waals surface area contributed by atoms with Crippen molar-refractivity contribution in [1.29, 1.82) is 0 Å². The van der Waals surface area contributed by atoms with Gasteiger partial charge in [-0.05, 0) is 36.8 Å². The smallest absolute Gasteiger partial charge is 0.240 e. The third kappa shape index (κ3) is 3.55. The third-order valence-corrected chi connectivity index (χ3v) is 3.67. The summed E-state index contributed by atoms with van der Waals surface area (Å²) in [6, 6.07) is 8.00. The molecule has 0 spiro atoms. The molecule has 2 rings (SSSR count). The van der Waals surface area contributed by atoms with Crippen LogP contribution in [-0.2, 0) is 22.7 Å². The average molecular weight is 262 g/mol. The number of rotatable bonds is 6. The van der Waals surface area contributed by atoms with Crippen molar-refractivity contribution < 1.29 is 9.53 Å². The maximum absolute atomic E-state index is 12.1. The Morgan fingerprint density at radius 1 is 1.47 bits per heavy atom. The van der Waals surface area contributed by atoms with Gasteiger partial charge in [0.1, 0.15) is 0 Å². The summed E-state index contributed by atoms with van der Waals surface area (Å²) in [5, 5.41) is 2.93. The first-order valence-corrected chi connectivity index (χ1v) is 6.68. The summed E-state index contributed by atoms with van der Waals surface area (Å²) in [6.45, 7) is 2.91. The molecule has 1 amide bonds. The molecule has 0 saturated heterocycles. The van der Waals surface area contributed by atoms with Crippen LogP contribution in [0, 0.1) is 5.92 Å². The van der Waals surface area contributed by atoms with Gasteiger partial charge >= 0.3 is 0 Å². The molecule has 1 aliphatic rings. The second kappa shape index (κ2) is 5.72. The molecular formula is C15H22N2O2. The van der Waals surface area contributed by atoms with E-state index in [4.69, 9.17) is 10.5 Å². The molecule has 19 heavy (non-hydrogen) atoms. The first-order chi connectivity index (χ1) is 9.04. The fraction of sp³-hybridized carbons (Fsp3) is 0.533. The van der Waals surface area contributed by atoms with Crippen molar-refractivity contribution in [3.05, 3.63) is 35.4 Å². The van der Waals surface area contributed by atoms with Gasteiger partial charge in [-0.25, -0.2) is 0 Å². The molecule has 1 unspecified atom stereocenters. The molecule has 0 aliphatic heterocycles. The van der Waals surface area contributed by atoms with Gasteiger partial charge in [0.15, 0.2) is 0 Å². The van der Waals surface area contributed by atoms with Crippen molar-refractivity contribution in [2.75, 3.05) is 7.11 Å². The van der Waals surface area contributed by atoms with E-state index in [9.17, 15) is 4.79 Å². The molecule has 1 saturated carbocycles. The fourth-order valence-electron chi connectivity index (χ4n) is 2.24. The summed E-state index contributed by atoms with van der Waals surface area (Å²) >= 11 is 0. The van der Waals surface area contributed by atoms with Crippen LogP contribution in [0.5, 0.6) is 0 Å². The van der Waals surface area contributed by atoms with Crippen molar-refractivity contribution in [1.82, 2.24) is 5.32 Å². The fourth-order valence-corrected chi connectivity index (χ4v) is 2.24. The van der Waals surface area contributed by atoms with E-state index in [-0.39, 0.29) is 5.91 Å². The minimum Gasteiger partial charge on any atom is -0.380 e. The van der Waals surface area contributed by atoms with Crippen LogP contribution in [0.15, 0.2) is 24.3 Å². The Bertz CT molecular complexity index is 453. The Balaban J connectivity index is 1.91. The minimum absolute atomic E-state index is 0.0628. The van der Waals surface area contributed by atoms with E-state index >= 15 is 0 Å². The van der Waals surface area contributed by atoms with Crippen molar-refractivity contribution in [2.24, 2.45) is 11.7 Å². The number of methoxy groups -OCH3 is 1. The number of carbonyl (C=O) groups is 1. The lowest BCUT2D eigenvalue weighted by Crippen LogP contribution is -2.53. The topological polar surface area (TPSA) is 64.3 Å². The van der Waals surface area contributed by atoms with E-state index in [1.165, 1.54) is 0 Å². The SMILES string of the molecule is COCc1cccc(CNC(=O)C(C)(N)C2CC2)c1. The quantitative estimate of drug-likeness (QED) is 0.818. The summed E-state index contributed by atoms with van der Waals surface area (Å²) < 4.78 is 5.10. The Morgan fingerprint density at radius 2 is 2.16 bits per heavy atom. The first kappa shape index (κ1) is 14.0. The summed E-state index contributed by atoms with van der Waals surface area (Å²) in [7, 11) is 1.67. The monoisotopic (exact) mass is 262 g/mol. The van der Waals surface area contributed by atoms with Crippen molar-refractivity contribution in [3.63, 3.8) is 0 Å². The van der Waals surface area contributed by atoms with Crippen LogP contribution < -0.4 is 11.1 Å². The van der Waals surface area contributed by atoms with Gasteiger partial charge in [0.2, 0.25) is 5.91 Å². The molecule has 1 aromatic carbocycles. The molecular weight excluding hydrogens is 240 g/mol. The number of amides is 1. The molecule has 4 heteroatoms. The Kier molecular flexibility index (Phi) is 4.22. The minimum atomic E-state index is -0.732. The molecule has 4 nitrogen and oxygen atoms in total. The van der Waals surface area contributed by atoms with Crippen molar-refractivity contribution in [3.8, 4) is 0 Å². The van der Waals surface area contributed by atoms with E-state index in [1.807, 2.05) is 31.2 Å². The van der Waals surface area contributed by atoms with Crippen LogP contribution in [0.3, 0.4) is 0 Å². The molecule has 0 bridgehead atoms. The van der Waals surface area contributed by atoms with Crippen LogP contribution >= 0.6 is 0 Å². The highest BCUT2D eigenvalue weighted by molar-refractivity contribution is 5.86. The number of hydrogen-bond acceptors (Lipinski definition) is 3. The van der Waals surface area contributed by atoms with Crippen molar-refractivity contribution >= 4 is 5.91 Å². The summed E-state index contributed by atoms with van der Waals surface area (Å²) in [6.07, 6.45) is 2.12. The number of ether oxygens (including phenoxy) is 1. The lowest BCUT2D eigenvalue weighted by atomic mass is 9.96. The average Bonchev–Trinajstić information content (AvgIpc) is 3.21. The summed E-state index contributed by atoms with van der Waals surface area (Å²) in [5.41, 5.74) is 7.51. The molecule has 0 aromatic heterocycles. The number of nitrogens with two attached hydrogens (primary N) is 1. The number of benzene rings is 1. The number of hydrogen-bond donors (Lipinski definition) is 2. The zero-order valence-electron chi connectivity index (χ0n) is 11.6. The molecule has 1 aliphatic carbocycles. The van der Waals surface area contributed by atoms with Gasteiger partial charge in [0, 0.05) is 13.7 Å². The predicted octanol–water partition coefficient (Wildman–Crippen LogP) is 1.58. The second-order valence-corrected chi connectivity index (χ2v) is 5.49. The van der Waals surface area contributed by atoms with Crippen LogP contribution in [0.25, 0.3) is 0 Å². The predicted molar refractivity (Wildman–Crippen MR) is 74.3 cm³/mol. The summed E-state index contributed by atoms with van der Waals surface area (Å²) in [5.74, 6) is 0.277. The Labute approximate surface area is 114 Å². The van der Waals surface area contributed by atoms with Gasteiger partial charge < -0.3 is 15.8 Å². The first-order valence-electron chi connectivity index (χ1n) is 6.68. The molecule has 1 aromatic rings. The zero-order chi connectivity index (χ0) is 13.9. The van der Waals surface area contributed by atoms with Gasteiger partial charge in [-0.2, -0.15) is 0 Å². The molecule has 1 atom stereocenters. The lowest BCUT2D eigenvalue weighted by Gasteiger charge is -2.23. The van der Waals surface area contributed by atoms with Crippen LogP contribution in [0.2, 0.25) is 0 Å². The van der Waals surface area contributed by atoms with Gasteiger partial charge in [-0.3, -0.25) is 4.79 Å². The molecule has 1 fully saturated rings. The molecule has 0 heterocycles. The molecule has 0 radical (unpaired) electrons. The largest absolute Gasteiger partial charge is 0.380 e. The highest BCUT2D eigenvalue weighted by Crippen LogP contribution is 2.38. The number of nitrogens with one attached hydrogen (secondary N) is 1. The Morgan fingerprint density at radius 3 is 2.79 bits per heavy atom. The standard InChI is InChI=1S/C15H22N2O2/c1-15(16,13-6-7-13)14(18)17-9-11-4-3-5-12(8-11)10-19-2/h3-5,8,13H,6-7,9-10,16H2,1-2H3,(H,17,18). The van der Waals surface area contributed by atoms with Crippen molar-refractivity contribution in [2.45, 2.75) is 38.5 Å². The van der Waals surface area contributed by atoms with E-state index in [0.29, 0.717) is 19.1 Å². The highest BCUT2D eigenvalue weighted by atomic mass is 16.5.